The van der Waals surface area contributed by atoms with E-state index in [0.717, 1.165) is 6.07 Å². The number of hydrogen-bond donors (Lipinski definition) is 1. The van der Waals surface area contributed by atoms with Gasteiger partial charge in [-0.05, 0) is 44.0 Å². The number of halogens is 3. The maximum Gasteiger partial charge on any atom is 0.416 e. The zero-order chi connectivity index (χ0) is 15.9. The Balaban J connectivity index is 2.73. The molecule has 0 atom stereocenters. The fraction of sp³-hybridized carbons (Fsp3) is 0.267. The molecule has 2 N–H and O–H groups in total. The monoisotopic (exact) mass is 293 g/mol. The van der Waals surface area contributed by atoms with Gasteiger partial charge in [-0.3, -0.25) is 4.57 Å². The van der Waals surface area contributed by atoms with Gasteiger partial charge in [0.05, 0.1) is 11.1 Å². The molecule has 0 saturated carbocycles. The van der Waals surface area contributed by atoms with Crippen LogP contribution in [0.15, 0.2) is 18.2 Å². The van der Waals surface area contributed by atoms with Crippen molar-refractivity contribution < 1.29 is 13.2 Å². The van der Waals surface area contributed by atoms with E-state index in [9.17, 15) is 13.2 Å². The summed E-state index contributed by atoms with van der Waals surface area (Å²) in [5.41, 5.74) is 7.26. The first-order chi connectivity index (χ1) is 9.68. The molecule has 0 aliphatic carbocycles. The maximum absolute atomic E-state index is 13.0. The van der Waals surface area contributed by atoms with Crippen molar-refractivity contribution in [3.05, 3.63) is 46.1 Å². The maximum atomic E-state index is 13.0. The number of nitriles is 1. The molecular weight excluding hydrogens is 279 g/mol. The Morgan fingerprint density at radius 2 is 1.81 bits per heavy atom. The summed E-state index contributed by atoms with van der Waals surface area (Å²) in [6, 6.07) is 6.00. The highest BCUT2D eigenvalue weighted by Crippen LogP contribution is 2.35. The molecule has 0 aliphatic heterocycles. The largest absolute Gasteiger partial charge is 0.416 e. The average molecular weight is 293 g/mol. The molecule has 6 heteroatoms. The fourth-order valence-electron chi connectivity index (χ4n) is 2.36. The van der Waals surface area contributed by atoms with Crippen LogP contribution in [0.4, 0.5) is 19.0 Å². The van der Waals surface area contributed by atoms with Gasteiger partial charge in [-0.25, -0.2) is 0 Å². The molecule has 110 valence electrons. The van der Waals surface area contributed by atoms with E-state index in [1.54, 1.807) is 19.9 Å². The molecule has 21 heavy (non-hydrogen) atoms. The Hall–Kier alpha value is -2.42. The molecule has 0 unspecified atom stereocenters. The number of benzene rings is 1. The minimum absolute atomic E-state index is 0.145. The Bertz CT molecular complexity index is 749. The number of alkyl halides is 3. The van der Waals surface area contributed by atoms with Crippen LogP contribution < -0.4 is 5.73 Å². The van der Waals surface area contributed by atoms with Crippen LogP contribution in [0.2, 0.25) is 0 Å². The lowest BCUT2D eigenvalue weighted by Crippen LogP contribution is -2.10. The number of nitrogen functional groups attached to an aromatic ring is 1. The van der Waals surface area contributed by atoms with Crippen molar-refractivity contribution in [1.29, 1.82) is 5.26 Å². The molecule has 0 bridgehead atoms. The standard InChI is InChI=1S/C15H14F3N3/c1-8-4-5-11(6-13(8)15(16,17)18)21-10(3)9(2)12(7-19)14(21)20/h4-6H,20H2,1-3H3. The summed E-state index contributed by atoms with van der Waals surface area (Å²) in [5.74, 6) is 0.157. The zero-order valence-electron chi connectivity index (χ0n) is 11.8. The molecule has 1 aromatic carbocycles. The SMILES string of the molecule is Cc1ccc(-n2c(C)c(C)c(C#N)c2N)cc1C(F)(F)F. The number of nitrogens with two attached hydrogens (primary N) is 1. The number of rotatable bonds is 1. The normalized spacial score (nSPS) is 11.5. The quantitative estimate of drug-likeness (QED) is 0.867. The molecule has 0 aliphatic rings. The molecule has 1 aromatic heterocycles. The number of nitrogens with zero attached hydrogens (tertiary/aromatic N) is 2. The summed E-state index contributed by atoms with van der Waals surface area (Å²) < 4.78 is 40.5. The molecule has 0 amide bonds. The van der Waals surface area contributed by atoms with Gasteiger partial charge in [0, 0.05) is 11.4 Å². The van der Waals surface area contributed by atoms with E-state index in [-0.39, 0.29) is 11.4 Å². The molecule has 0 radical (unpaired) electrons. The van der Waals surface area contributed by atoms with Gasteiger partial charge in [0.15, 0.2) is 0 Å². The van der Waals surface area contributed by atoms with Crippen molar-refractivity contribution in [3.63, 3.8) is 0 Å². The van der Waals surface area contributed by atoms with Crippen molar-refractivity contribution in [2.45, 2.75) is 26.9 Å². The summed E-state index contributed by atoms with van der Waals surface area (Å²) in [6.45, 7) is 4.85. The first-order valence-corrected chi connectivity index (χ1v) is 6.24. The van der Waals surface area contributed by atoms with Crippen LogP contribution >= 0.6 is 0 Å². The predicted octanol–water partition coefficient (Wildman–Crippen LogP) is 3.88. The third-order valence-corrected chi connectivity index (χ3v) is 3.65. The van der Waals surface area contributed by atoms with Crippen molar-refractivity contribution in [2.24, 2.45) is 0 Å². The lowest BCUT2D eigenvalue weighted by molar-refractivity contribution is -0.138. The van der Waals surface area contributed by atoms with Crippen molar-refractivity contribution in [1.82, 2.24) is 4.57 Å². The van der Waals surface area contributed by atoms with Gasteiger partial charge in [-0.15, -0.1) is 0 Å². The molecule has 0 saturated heterocycles. The van der Waals surface area contributed by atoms with Gasteiger partial charge >= 0.3 is 6.18 Å². The van der Waals surface area contributed by atoms with Gasteiger partial charge in [-0.2, -0.15) is 18.4 Å². The van der Waals surface area contributed by atoms with E-state index in [4.69, 9.17) is 11.0 Å². The lowest BCUT2D eigenvalue weighted by Gasteiger charge is -2.15. The topological polar surface area (TPSA) is 54.7 Å². The summed E-state index contributed by atoms with van der Waals surface area (Å²) in [5, 5.41) is 9.09. The predicted molar refractivity (Wildman–Crippen MR) is 74.1 cm³/mol. The second-order valence-electron chi connectivity index (χ2n) is 4.91. The Morgan fingerprint density at radius 1 is 1.19 bits per heavy atom. The molecule has 1 heterocycles. The molecule has 2 aromatic rings. The smallest absolute Gasteiger partial charge is 0.384 e. The van der Waals surface area contributed by atoms with Crippen LogP contribution in [0.1, 0.15) is 27.9 Å². The highest BCUT2D eigenvalue weighted by atomic mass is 19.4. The van der Waals surface area contributed by atoms with Gasteiger partial charge in [0.1, 0.15) is 11.9 Å². The third kappa shape index (κ3) is 2.35. The second-order valence-corrected chi connectivity index (χ2v) is 4.91. The Labute approximate surface area is 120 Å². The number of aromatic nitrogens is 1. The Morgan fingerprint density at radius 3 is 2.29 bits per heavy atom. The number of aryl methyl sites for hydroxylation is 1. The highest BCUT2D eigenvalue weighted by Gasteiger charge is 2.33. The van der Waals surface area contributed by atoms with E-state index in [2.05, 4.69) is 0 Å². The molecule has 0 fully saturated rings. The summed E-state index contributed by atoms with van der Waals surface area (Å²) in [7, 11) is 0. The van der Waals surface area contributed by atoms with Gasteiger partial charge in [0.2, 0.25) is 0 Å². The number of anilines is 1. The molecule has 0 spiro atoms. The van der Waals surface area contributed by atoms with Crippen LogP contribution in [0, 0.1) is 32.1 Å². The first kappa shape index (κ1) is 15.0. The lowest BCUT2D eigenvalue weighted by atomic mass is 10.1. The fourth-order valence-corrected chi connectivity index (χ4v) is 2.36. The minimum Gasteiger partial charge on any atom is -0.384 e. The summed E-state index contributed by atoms with van der Waals surface area (Å²) >= 11 is 0. The summed E-state index contributed by atoms with van der Waals surface area (Å²) in [4.78, 5) is 0. The van der Waals surface area contributed by atoms with Crippen LogP contribution in [0.5, 0.6) is 0 Å². The third-order valence-electron chi connectivity index (χ3n) is 3.65. The molecule has 3 nitrogen and oxygen atoms in total. The van der Waals surface area contributed by atoms with Crippen LogP contribution in [-0.2, 0) is 6.18 Å². The minimum atomic E-state index is -4.43. The van der Waals surface area contributed by atoms with Crippen molar-refractivity contribution >= 4 is 5.82 Å². The van der Waals surface area contributed by atoms with Gasteiger partial charge < -0.3 is 5.73 Å². The van der Waals surface area contributed by atoms with Crippen molar-refractivity contribution in [2.75, 3.05) is 5.73 Å². The molecule has 2 rings (SSSR count). The summed E-state index contributed by atoms with van der Waals surface area (Å²) in [6.07, 6.45) is -4.43. The van der Waals surface area contributed by atoms with Gasteiger partial charge in [-0.1, -0.05) is 6.07 Å². The van der Waals surface area contributed by atoms with Crippen LogP contribution in [-0.4, -0.2) is 4.57 Å². The van der Waals surface area contributed by atoms with E-state index in [1.807, 2.05) is 6.07 Å². The van der Waals surface area contributed by atoms with E-state index in [0.29, 0.717) is 22.5 Å². The molecular formula is C15H14F3N3. The first-order valence-electron chi connectivity index (χ1n) is 6.24. The highest BCUT2D eigenvalue weighted by molar-refractivity contribution is 5.62. The van der Waals surface area contributed by atoms with E-state index < -0.39 is 11.7 Å². The van der Waals surface area contributed by atoms with Gasteiger partial charge in [0.25, 0.3) is 0 Å². The van der Waals surface area contributed by atoms with Crippen LogP contribution in [0.25, 0.3) is 5.69 Å². The average Bonchev–Trinajstić information content (AvgIpc) is 2.60. The van der Waals surface area contributed by atoms with E-state index >= 15 is 0 Å². The number of hydrogen-bond acceptors (Lipinski definition) is 2. The van der Waals surface area contributed by atoms with Crippen molar-refractivity contribution in [3.8, 4) is 11.8 Å². The second kappa shape index (κ2) is 4.85. The van der Waals surface area contributed by atoms with Crippen LogP contribution in [0.3, 0.4) is 0 Å². The van der Waals surface area contributed by atoms with E-state index in [1.165, 1.54) is 17.6 Å². The zero-order valence-corrected chi connectivity index (χ0v) is 11.8. The Kier molecular flexibility index (Phi) is 3.46.